The molecule has 0 atom stereocenters. The monoisotopic (exact) mass is 263 g/mol. The van der Waals surface area contributed by atoms with Gasteiger partial charge in [0.25, 0.3) is 0 Å². The van der Waals surface area contributed by atoms with Crippen molar-refractivity contribution in [2.75, 3.05) is 18.4 Å². The Morgan fingerprint density at radius 1 is 1.21 bits per heavy atom. The first-order valence-corrected chi connectivity index (χ1v) is 6.44. The predicted molar refractivity (Wildman–Crippen MR) is 75.7 cm³/mol. The number of aryl methyl sites for hydroxylation is 1. The molecule has 1 aromatic rings. The lowest BCUT2D eigenvalue weighted by Gasteiger charge is -2.08. The summed E-state index contributed by atoms with van der Waals surface area (Å²) < 4.78 is 0. The number of rotatable bonds is 8. The molecule has 2 amide bonds. The van der Waals surface area contributed by atoms with E-state index in [-0.39, 0.29) is 18.4 Å². The van der Waals surface area contributed by atoms with Crippen molar-refractivity contribution in [3.05, 3.63) is 29.8 Å². The third kappa shape index (κ3) is 6.57. The first-order valence-electron chi connectivity index (χ1n) is 6.44. The Morgan fingerprint density at radius 2 is 1.95 bits per heavy atom. The fourth-order valence-corrected chi connectivity index (χ4v) is 1.66. The number of benzene rings is 1. The molecule has 1 rings (SSSR count). The molecule has 0 saturated carbocycles. The van der Waals surface area contributed by atoms with Crippen molar-refractivity contribution in [1.29, 1.82) is 0 Å². The number of hydrogen-bond acceptors (Lipinski definition) is 3. The minimum Gasteiger partial charge on any atom is -0.370 e. The number of primary amides is 1. The van der Waals surface area contributed by atoms with Gasteiger partial charge in [0, 0.05) is 12.1 Å². The Balaban J connectivity index is 2.15. The SMILES string of the molecule is Cc1ccccc1NC(=O)CNCCCCC(N)=O. The number of hydrogen-bond donors (Lipinski definition) is 3. The van der Waals surface area contributed by atoms with Crippen LogP contribution in [0.4, 0.5) is 5.69 Å². The van der Waals surface area contributed by atoms with Gasteiger partial charge in [0.1, 0.15) is 0 Å². The molecule has 5 heteroatoms. The van der Waals surface area contributed by atoms with Crippen molar-refractivity contribution in [2.45, 2.75) is 26.2 Å². The van der Waals surface area contributed by atoms with E-state index in [0.29, 0.717) is 13.0 Å². The van der Waals surface area contributed by atoms with Gasteiger partial charge < -0.3 is 16.4 Å². The minimum atomic E-state index is -0.280. The average molecular weight is 263 g/mol. The minimum absolute atomic E-state index is 0.0656. The number of carbonyl (C=O) groups is 2. The molecule has 0 heterocycles. The molecule has 0 bridgehead atoms. The maximum absolute atomic E-state index is 11.7. The quantitative estimate of drug-likeness (QED) is 0.616. The Kier molecular flexibility index (Phi) is 6.60. The molecule has 104 valence electrons. The summed E-state index contributed by atoms with van der Waals surface area (Å²) in [7, 11) is 0. The Labute approximate surface area is 113 Å². The first kappa shape index (κ1) is 15.2. The molecule has 0 aliphatic rings. The summed E-state index contributed by atoms with van der Waals surface area (Å²) in [4.78, 5) is 22.2. The number of unbranched alkanes of at least 4 members (excludes halogenated alkanes) is 1. The summed E-state index contributed by atoms with van der Waals surface area (Å²) in [6.45, 7) is 2.92. The zero-order valence-electron chi connectivity index (χ0n) is 11.2. The maximum atomic E-state index is 11.7. The molecule has 0 unspecified atom stereocenters. The zero-order valence-corrected chi connectivity index (χ0v) is 11.2. The Bertz CT molecular complexity index is 432. The third-order valence-corrected chi connectivity index (χ3v) is 2.73. The number of anilines is 1. The van der Waals surface area contributed by atoms with Crippen LogP contribution in [-0.2, 0) is 9.59 Å². The number of nitrogens with one attached hydrogen (secondary N) is 2. The van der Waals surface area contributed by atoms with Crippen molar-refractivity contribution in [2.24, 2.45) is 5.73 Å². The van der Waals surface area contributed by atoms with E-state index in [2.05, 4.69) is 10.6 Å². The van der Waals surface area contributed by atoms with E-state index in [1.165, 1.54) is 0 Å². The van der Waals surface area contributed by atoms with Crippen LogP contribution in [0.25, 0.3) is 0 Å². The molecule has 0 aliphatic carbocycles. The predicted octanol–water partition coefficient (Wildman–Crippen LogP) is 1.18. The molecule has 1 aromatic carbocycles. The highest BCUT2D eigenvalue weighted by molar-refractivity contribution is 5.92. The average Bonchev–Trinajstić information content (AvgIpc) is 2.36. The molecule has 0 aliphatic heterocycles. The van der Waals surface area contributed by atoms with Gasteiger partial charge in [-0.15, -0.1) is 0 Å². The molecule has 0 aromatic heterocycles. The van der Waals surface area contributed by atoms with Crippen LogP contribution in [0.5, 0.6) is 0 Å². The molecule has 0 saturated heterocycles. The molecule has 19 heavy (non-hydrogen) atoms. The van der Waals surface area contributed by atoms with Crippen LogP contribution < -0.4 is 16.4 Å². The second kappa shape index (κ2) is 8.26. The molecule has 0 radical (unpaired) electrons. The fraction of sp³-hybridized carbons (Fsp3) is 0.429. The van der Waals surface area contributed by atoms with Crippen LogP contribution in [0.15, 0.2) is 24.3 Å². The highest BCUT2D eigenvalue weighted by atomic mass is 16.2. The van der Waals surface area contributed by atoms with Gasteiger partial charge in [0.2, 0.25) is 11.8 Å². The molecular weight excluding hydrogens is 242 g/mol. The lowest BCUT2D eigenvalue weighted by molar-refractivity contribution is -0.118. The topological polar surface area (TPSA) is 84.2 Å². The fourth-order valence-electron chi connectivity index (χ4n) is 1.66. The molecule has 5 nitrogen and oxygen atoms in total. The summed E-state index contributed by atoms with van der Waals surface area (Å²) >= 11 is 0. The van der Waals surface area contributed by atoms with Crippen LogP contribution >= 0.6 is 0 Å². The highest BCUT2D eigenvalue weighted by Crippen LogP contribution is 2.12. The van der Waals surface area contributed by atoms with E-state index in [1.807, 2.05) is 31.2 Å². The van der Waals surface area contributed by atoms with E-state index in [9.17, 15) is 9.59 Å². The van der Waals surface area contributed by atoms with Crippen molar-refractivity contribution in [3.8, 4) is 0 Å². The summed E-state index contributed by atoms with van der Waals surface area (Å²) in [5.74, 6) is -0.346. The van der Waals surface area contributed by atoms with E-state index < -0.39 is 0 Å². The molecule has 0 fully saturated rings. The molecule has 0 spiro atoms. The summed E-state index contributed by atoms with van der Waals surface area (Å²) in [5.41, 5.74) is 6.91. The maximum Gasteiger partial charge on any atom is 0.238 e. The third-order valence-electron chi connectivity index (χ3n) is 2.73. The van der Waals surface area contributed by atoms with Crippen LogP contribution in [0.2, 0.25) is 0 Å². The zero-order chi connectivity index (χ0) is 14.1. The van der Waals surface area contributed by atoms with Crippen LogP contribution in [0.1, 0.15) is 24.8 Å². The van der Waals surface area contributed by atoms with Gasteiger partial charge in [-0.2, -0.15) is 0 Å². The number of nitrogens with two attached hydrogens (primary N) is 1. The van der Waals surface area contributed by atoms with Gasteiger partial charge in [-0.25, -0.2) is 0 Å². The smallest absolute Gasteiger partial charge is 0.238 e. The van der Waals surface area contributed by atoms with Crippen molar-refractivity contribution >= 4 is 17.5 Å². The van der Waals surface area contributed by atoms with Crippen LogP contribution in [-0.4, -0.2) is 24.9 Å². The van der Waals surface area contributed by atoms with Crippen molar-refractivity contribution in [1.82, 2.24) is 5.32 Å². The molecular formula is C14H21N3O2. The lowest BCUT2D eigenvalue weighted by atomic mass is 10.2. The van der Waals surface area contributed by atoms with E-state index in [0.717, 1.165) is 24.1 Å². The van der Waals surface area contributed by atoms with Gasteiger partial charge in [0.05, 0.1) is 6.54 Å². The summed E-state index contributed by atoms with van der Waals surface area (Å²) in [6, 6.07) is 7.65. The van der Waals surface area contributed by atoms with Gasteiger partial charge in [-0.3, -0.25) is 9.59 Å². The number of para-hydroxylation sites is 1. The number of amides is 2. The first-order chi connectivity index (χ1) is 9.09. The lowest BCUT2D eigenvalue weighted by Crippen LogP contribution is -2.29. The standard InChI is InChI=1S/C14H21N3O2/c1-11-6-2-3-7-12(11)17-14(19)10-16-9-5-4-8-13(15)18/h2-3,6-7,16H,4-5,8-10H2,1H3,(H2,15,18)(H,17,19). The normalized spacial score (nSPS) is 10.2. The molecule has 4 N–H and O–H groups in total. The van der Waals surface area contributed by atoms with Gasteiger partial charge in [-0.1, -0.05) is 18.2 Å². The van der Waals surface area contributed by atoms with Crippen LogP contribution in [0.3, 0.4) is 0 Å². The van der Waals surface area contributed by atoms with Crippen LogP contribution in [0, 0.1) is 6.92 Å². The van der Waals surface area contributed by atoms with Crippen molar-refractivity contribution in [3.63, 3.8) is 0 Å². The second-order valence-corrected chi connectivity index (χ2v) is 4.46. The van der Waals surface area contributed by atoms with Gasteiger partial charge in [-0.05, 0) is 37.9 Å². The van der Waals surface area contributed by atoms with Crippen molar-refractivity contribution < 1.29 is 9.59 Å². The van der Waals surface area contributed by atoms with Gasteiger partial charge in [0.15, 0.2) is 0 Å². The van der Waals surface area contributed by atoms with E-state index in [4.69, 9.17) is 5.73 Å². The Morgan fingerprint density at radius 3 is 2.63 bits per heavy atom. The highest BCUT2D eigenvalue weighted by Gasteiger charge is 2.03. The second-order valence-electron chi connectivity index (χ2n) is 4.46. The summed E-state index contributed by atoms with van der Waals surface area (Å²) in [6.07, 6.45) is 1.99. The van der Waals surface area contributed by atoms with E-state index >= 15 is 0 Å². The Hall–Kier alpha value is -1.88. The summed E-state index contributed by atoms with van der Waals surface area (Å²) in [5, 5.41) is 5.88. The van der Waals surface area contributed by atoms with Gasteiger partial charge >= 0.3 is 0 Å². The van der Waals surface area contributed by atoms with E-state index in [1.54, 1.807) is 0 Å². The largest absolute Gasteiger partial charge is 0.370 e. The number of carbonyl (C=O) groups excluding carboxylic acids is 2.